The number of ether oxygens (including phenoxy) is 1. The summed E-state index contributed by atoms with van der Waals surface area (Å²) >= 11 is 0. The second-order valence-electron chi connectivity index (χ2n) is 5.94. The number of hydrogen-bond acceptors (Lipinski definition) is 5. The molecule has 1 aromatic rings. The van der Waals surface area contributed by atoms with Gasteiger partial charge in [-0.25, -0.2) is 0 Å². The highest BCUT2D eigenvalue weighted by Crippen LogP contribution is 2.29. The molecule has 0 amide bonds. The van der Waals surface area contributed by atoms with Gasteiger partial charge >= 0.3 is 0 Å². The van der Waals surface area contributed by atoms with Gasteiger partial charge in [0.05, 0.1) is 0 Å². The predicted octanol–water partition coefficient (Wildman–Crippen LogP) is 2.66. The Hall–Kier alpha value is -0.940. The Bertz CT molecular complexity index is 415. The largest absolute Gasteiger partial charge is 0.370 e. The zero-order valence-electron chi connectivity index (χ0n) is 13.1. The summed E-state index contributed by atoms with van der Waals surface area (Å²) in [7, 11) is 3.74. The number of nitrogens with one attached hydrogen (secondary N) is 1. The number of hydrogen-bond donors (Lipinski definition) is 1. The van der Waals surface area contributed by atoms with Gasteiger partial charge in [-0.1, -0.05) is 24.9 Å². The lowest BCUT2D eigenvalue weighted by atomic mass is 9.82. The van der Waals surface area contributed by atoms with E-state index in [0.717, 1.165) is 18.7 Å². The number of methoxy groups -OCH3 is 1. The Kier molecular flexibility index (Phi) is 5.16. The highest BCUT2D eigenvalue weighted by atomic mass is 16.5. The number of rotatable bonds is 6. The van der Waals surface area contributed by atoms with Gasteiger partial charge in [-0.2, -0.15) is 4.98 Å². The first-order valence-corrected chi connectivity index (χ1v) is 7.68. The minimum atomic E-state index is -0.448. The van der Waals surface area contributed by atoms with E-state index >= 15 is 0 Å². The average Bonchev–Trinajstić information content (AvgIpc) is 2.96. The van der Waals surface area contributed by atoms with Crippen molar-refractivity contribution >= 4 is 0 Å². The summed E-state index contributed by atoms with van der Waals surface area (Å²) < 4.78 is 11.0. The third-order valence-electron chi connectivity index (χ3n) is 4.78. The second-order valence-corrected chi connectivity index (χ2v) is 5.94. The maximum absolute atomic E-state index is 5.52. The van der Waals surface area contributed by atoms with Crippen LogP contribution in [0.5, 0.6) is 0 Å². The van der Waals surface area contributed by atoms with Crippen LogP contribution >= 0.6 is 0 Å². The van der Waals surface area contributed by atoms with Crippen molar-refractivity contribution in [3.63, 3.8) is 0 Å². The molecule has 0 radical (unpaired) electrons. The van der Waals surface area contributed by atoms with Crippen molar-refractivity contribution in [3.05, 3.63) is 11.7 Å². The molecule has 1 fully saturated rings. The van der Waals surface area contributed by atoms with Crippen molar-refractivity contribution in [1.82, 2.24) is 15.5 Å². The normalized spacial score (nSPS) is 26.4. The molecule has 0 aromatic carbocycles. The highest BCUT2D eigenvalue weighted by Gasteiger charge is 2.31. The van der Waals surface area contributed by atoms with E-state index in [2.05, 4.69) is 22.4 Å². The van der Waals surface area contributed by atoms with Gasteiger partial charge < -0.3 is 14.6 Å². The molecule has 1 aliphatic rings. The lowest BCUT2D eigenvalue weighted by molar-refractivity contribution is -0.0106. The summed E-state index contributed by atoms with van der Waals surface area (Å²) in [6.07, 6.45) is 6.78. The molecule has 20 heavy (non-hydrogen) atoms. The Morgan fingerprint density at radius 3 is 2.80 bits per heavy atom. The summed E-state index contributed by atoms with van der Waals surface area (Å²) in [6.45, 7) is 4.07. The van der Waals surface area contributed by atoms with Crippen LogP contribution < -0.4 is 5.32 Å². The molecule has 1 N–H and O–H groups in total. The maximum Gasteiger partial charge on any atom is 0.227 e. The lowest BCUT2D eigenvalue weighted by Gasteiger charge is -2.30. The van der Waals surface area contributed by atoms with Gasteiger partial charge in [0.15, 0.2) is 0 Å². The van der Waals surface area contributed by atoms with Gasteiger partial charge in [-0.3, -0.25) is 0 Å². The first kappa shape index (κ1) is 15.4. The molecule has 1 saturated carbocycles. The van der Waals surface area contributed by atoms with Crippen LogP contribution in [-0.2, 0) is 16.8 Å². The zero-order valence-corrected chi connectivity index (χ0v) is 13.1. The minimum Gasteiger partial charge on any atom is -0.370 e. The molecule has 5 nitrogen and oxygen atoms in total. The number of aromatic nitrogens is 2. The molecule has 1 aliphatic carbocycles. The lowest BCUT2D eigenvalue weighted by Crippen LogP contribution is -2.37. The number of nitrogens with zero attached hydrogens (tertiary/aromatic N) is 2. The summed E-state index contributed by atoms with van der Waals surface area (Å²) in [5.41, 5.74) is -0.448. The van der Waals surface area contributed by atoms with Crippen LogP contribution in [0, 0.1) is 5.92 Å². The molecule has 0 spiro atoms. The van der Waals surface area contributed by atoms with Gasteiger partial charge in [-0.05, 0) is 39.2 Å². The van der Waals surface area contributed by atoms with E-state index in [0.29, 0.717) is 17.8 Å². The Balaban J connectivity index is 2.05. The minimum absolute atomic E-state index is 0.448. The van der Waals surface area contributed by atoms with Crippen LogP contribution in [0.15, 0.2) is 4.52 Å². The Morgan fingerprint density at radius 1 is 1.40 bits per heavy atom. The molecule has 114 valence electrons. The van der Waals surface area contributed by atoms with E-state index in [4.69, 9.17) is 9.26 Å². The van der Waals surface area contributed by atoms with Gasteiger partial charge in [0.1, 0.15) is 5.60 Å². The van der Waals surface area contributed by atoms with Crippen molar-refractivity contribution in [2.24, 2.45) is 5.92 Å². The molecule has 1 aromatic heterocycles. The predicted molar refractivity (Wildman–Crippen MR) is 77.5 cm³/mol. The zero-order chi connectivity index (χ0) is 14.6. The van der Waals surface area contributed by atoms with Crippen molar-refractivity contribution in [3.8, 4) is 0 Å². The molecule has 5 heteroatoms. The van der Waals surface area contributed by atoms with Crippen LogP contribution in [0.3, 0.4) is 0 Å². The van der Waals surface area contributed by atoms with Crippen molar-refractivity contribution < 1.29 is 9.26 Å². The van der Waals surface area contributed by atoms with Gasteiger partial charge in [0.25, 0.3) is 0 Å². The second kappa shape index (κ2) is 6.68. The smallest absolute Gasteiger partial charge is 0.227 e. The standard InChI is InChI=1S/C15H27N3O2/c1-5-15(2,19-4)14-17-13(20-18-14)10-11-8-6-7-9-12(11)16-3/h11-12,16H,5-10H2,1-4H3. The van der Waals surface area contributed by atoms with E-state index in [1.807, 2.05) is 14.0 Å². The van der Waals surface area contributed by atoms with Crippen molar-refractivity contribution in [2.45, 2.75) is 64.0 Å². The SMILES string of the molecule is CCC(C)(OC)c1noc(CC2CCCCC2NC)n1. The van der Waals surface area contributed by atoms with E-state index in [1.54, 1.807) is 7.11 Å². The van der Waals surface area contributed by atoms with Gasteiger partial charge in [-0.15, -0.1) is 0 Å². The monoisotopic (exact) mass is 281 g/mol. The van der Waals surface area contributed by atoms with E-state index in [-0.39, 0.29) is 0 Å². The Morgan fingerprint density at radius 2 is 2.15 bits per heavy atom. The molecule has 0 aliphatic heterocycles. The first-order chi connectivity index (χ1) is 9.62. The quantitative estimate of drug-likeness (QED) is 0.868. The summed E-state index contributed by atoms with van der Waals surface area (Å²) in [5.74, 6) is 2.00. The molecule has 3 unspecified atom stereocenters. The van der Waals surface area contributed by atoms with E-state index in [9.17, 15) is 0 Å². The molecule has 0 saturated heterocycles. The average molecular weight is 281 g/mol. The first-order valence-electron chi connectivity index (χ1n) is 7.68. The Labute approximate surface area is 121 Å². The third-order valence-corrected chi connectivity index (χ3v) is 4.78. The molecule has 3 atom stereocenters. The van der Waals surface area contributed by atoms with Crippen LogP contribution in [0.1, 0.15) is 57.7 Å². The summed E-state index contributed by atoms with van der Waals surface area (Å²) in [6, 6.07) is 0.569. The molecule has 0 bridgehead atoms. The third kappa shape index (κ3) is 3.20. The van der Waals surface area contributed by atoms with E-state index in [1.165, 1.54) is 25.7 Å². The van der Waals surface area contributed by atoms with E-state index < -0.39 is 5.60 Å². The molecular formula is C15H27N3O2. The van der Waals surface area contributed by atoms with Crippen molar-refractivity contribution in [2.75, 3.05) is 14.2 Å². The van der Waals surface area contributed by atoms with Crippen LogP contribution in [0.4, 0.5) is 0 Å². The van der Waals surface area contributed by atoms with Crippen LogP contribution in [0.2, 0.25) is 0 Å². The van der Waals surface area contributed by atoms with Crippen molar-refractivity contribution in [1.29, 1.82) is 0 Å². The summed E-state index contributed by atoms with van der Waals surface area (Å²) in [4.78, 5) is 4.56. The highest BCUT2D eigenvalue weighted by molar-refractivity contribution is 5.00. The fourth-order valence-corrected chi connectivity index (χ4v) is 3.00. The van der Waals surface area contributed by atoms with Crippen LogP contribution in [-0.4, -0.2) is 30.3 Å². The maximum atomic E-state index is 5.52. The fraction of sp³-hybridized carbons (Fsp3) is 0.867. The van der Waals surface area contributed by atoms with Crippen LogP contribution in [0.25, 0.3) is 0 Å². The topological polar surface area (TPSA) is 60.2 Å². The summed E-state index contributed by atoms with van der Waals surface area (Å²) in [5, 5.41) is 7.53. The molecule has 2 rings (SSSR count). The van der Waals surface area contributed by atoms with Gasteiger partial charge in [0, 0.05) is 19.6 Å². The fourth-order valence-electron chi connectivity index (χ4n) is 3.00. The molecule has 1 heterocycles. The molecular weight excluding hydrogens is 254 g/mol. The van der Waals surface area contributed by atoms with Gasteiger partial charge in [0.2, 0.25) is 11.7 Å².